The second-order valence-corrected chi connectivity index (χ2v) is 7.34. The van der Waals surface area contributed by atoms with Crippen LogP contribution in [-0.4, -0.2) is 26.6 Å². The Kier molecular flexibility index (Phi) is 4.82. The minimum atomic E-state index is -0.283. The Balaban J connectivity index is 1.53. The highest BCUT2D eigenvalue weighted by atomic mass is 19.1. The van der Waals surface area contributed by atoms with E-state index in [1.165, 1.54) is 12.1 Å². The SMILES string of the molecule is COc1cc(Nc2cncc3c2nc(-c2ccc(F)cc2)n3C)ccc1-c1cnc(C)o1. The maximum Gasteiger partial charge on any atom is 0.191 e. The quantitative estimate of drug-likeness (QED) is 0.398. The molecule has 0 aliphatic rings. The van der Waals surface area contributed by atoms with Gasteiger partial charge in [-0.2, -0.15) is 0 Å². The van der Waals surface area contributed by atoms with Crippen molar-refractivity contribution in [2.45, 2.75) is 6.92 Å². The summed E-state index contributed by atoms with van der Waals surface area (Å²) in [5.41, 5.74) is 4.81. The fourth-order valence-electron chi connectivity index (χ4n) is 3.66. The summed E-state index contributed by atoms with van der Waals surface area (Å²) >= 11 is 0. The number of pyridine rings is 1. The van der Waals surface area contributed by atoms with Gasteiger partial charge in [0.25, 0.3) is 0 Å². The van der Waals surface area contributed by atoms with Gasteiger partial charge in [0.2, 0.25) is 0 Å². The summed E-state index contributed by atoms with van der Waals surface area (Å²) in [4.78, 5) is 13.3. The molecule has 0 fully saturated rings. The van der Waals surface area contributed by atoms with Gasteiger partial charge in [0, 0.05) is 31.3 Å². The Morgan fingerprint density at radius 1 is 1.06 bits per heavy atom. The highest BCUT2D eigenvalue weighted by molar-refractivity contribution is 5.92. The Morgan fingerprint density at radius 3 is 2.59 bits per heavy atom. The van der Waals surface area contributed by atoms with Crippen molar-refractivity contribution < 1.29 is 13.5 Å². The molecule has 5 rings (SSSR count). The zero-order valence-corrected chi connectivity index (χ0v) is 17.8. The van der Waals surface area contributed by atoms with E-state index in [9.17, 15) is 4.39 Å². The number of hydrogen-bond donors (Lipinski definition) is 1. The lowest BCUT2D eigenvalue weighted by Gasteiger charge is -2.11. The molecular formula is C24H20FN5O2. The molecule has 0 amide bonds. The molecule has 5 aromatic rings. The van der Waals surface area contributed by atoms with Crippen molar-refractivity contribution in [3.63, 3.8) is 0 Å². The number of nitrogens with one attached hydrogen (secondary N) is 1. The number of oxazole rings is 1. The van der Waals surface area contributed by atoms with E-state index < -0.39 is 0 Å². The molecular weight excluding hydrogens is 409 g/mol. The fourth-order valence-corrected chi connectivity index (χ4v) is 3.66. The van der Waals surface area contributed by atoms with Crippen molar-refractivity contribution in [2.75, 3.05) is 12.4 Å². The molecule has 0 radical (unpaired) electrons. The predicted molar refractivity (Wildman–Crippen MR) is 120 cm³/mol. The summed E-state index contributed by atoms with van der Waals surface area (Å²) in [6.45, 7) is 1.80. The van der Waals surface area contributed by atoms with Crippen molar-refractivity contribution in [1.82, 2.24) is 19.5 Å². The molecule has 0 aliphatic heterocycles. The molecule has 8 heteroatoms. The van der Waals surface area contributed by atoms with Crippen LogP contribution in [0.1, 0.15) is 5.89 Å². The summed E-state index contributed by atoms with van der Waals surface area (Å²) < 4.78 is 26.5. The first-order valence-electron chi connectivity index (χ1n) is 9.97. The van der Waals surface area contributed by atoms with Crippen LogP contribution in [0.3, 0.4) is 0 Å². The number of anilines is 2. The van der Waals surface area contributed by atoms with Gasteiger partial charge in [-0.1, -0.05) is 0 Å². The molecule has 160 valence electrons. The van der Waals surface area contributed by atoms with Gasteiger partial charge in [0.15, 0.2) is 11.7 Å². The Labute approximate surface area is 183 Å². The van der Waals surface area contributed by atoms with Crippen LogP contribution in [0.4, 0.5) is 15.8 Å². The maximum absolute atomic E-state index is 13.3. The molecule has 2 aromatic carbocycles. The van der Waals surface area contributed by atoms with Crippen LogP contribution < -0.4 is 10.1 Å². The van der Waals surface area contributed by atoms with E-state index in [-0.39, 0.29) is 5.82 Å². The number of methoxy groups -OCH3 is 1. The third-order valence-corrected chi connectivity index (χ3v) is 5.26. The topological polar surface area (TPSA) is 78.0 Å². The average molecular weight is 429 g/mol. The van der Waals surface area contributed by atoms with E-state index in [4.69, 9.17) is 14.1 Å². The molecule has 0 saturated heterocycles. The number of fused-ring (bicyclic) bond motifs is 1. The first-order valence-corrected chi connectivity index (χ1v) is 9.97. The summed E-state index contributed by atoms with van der Waals surface area (Å²) in [5, 5.41) is 3.38. The van der Waals surface area contributed by atoms with Crippen molar-refractivity contribution in [1.29, 1.82) is 0 Å². The molecule has 0 bridgehead atoms. The highest BCUT2D eigenvalue weighted by Crippen LogP contribution is 2.35. The molecule has 0 aliphatic carbocycles. The van der Waals surface area contributed by atoms with E-state index in [1.807, 2.05) is 29.8 Å². The third kappa shape index (κ3) is 3.45. The van der Waals surface area contributed by atoms with Crippen LogP contribution in [0, 0.1) is 12.7 Å². The zero-order chi connectivity index (χ0) is 22.2. The second kappa shape index (κ2) is 7.81. The molecule has 0 atom stereocenters. The monoisotopic (exact) mass is 429 g/mol. The number of hydrogen-bond acceptors (Lipinski definition) is 6. The Hall–Kier alpha value is -4.20. The first kappa shape index (κ1) is 19.7. The number of benzene rings is 2. The van der Waals surface area contributed by atoms with Crippen LogP contribution in [0.2, 0.25) is 0 Å². The molecule has 1 N–H and O–H groups in total. The molecule has 0 saturated carbocycles. The van der Waals surface area contributed by atoms with Gasteiger partial charge >= 0.3 is 0 Å². The van der Waals surface area contributed by atoms with Crippen LogP contribution in [-0.2, 0) is 7.05 Å². The summed E-state index contributed by atoms with van der Waals surface area (Å²) in [5.74, 6) is 2.33. The van der Waals surface area contributed by atoms with Gasteiger partial charge in [-0.05, 0) is 36.4 Å². The zero-order valence-electron chi connectivity index (χ0n) is 17.8. The predicted octanol–water partition coefficient (Wildman–Crippen LogP) is 5.49. The van der Waals surface area contributed by atoms with E-state index in [0.29, 0.717) is 17.4 Å². The van der Waals surface area contributed by atoms with E-state index >= 15 is 0 Å². The Morgan fingerprint density at radius 2 is 1.88 bits per heavy atom. The van der Waals surface area contributed by atoms with Gasteiger partial charge in [-0.3, -0.25) is 4.98 Å². The number of halogens is 1. The maximum atomic E-state index is 13.3. The van der Waals surface area contributed by atoms with Crippen molar-refractivity contribution >= 4 is 22.4 Å². The molecule has 0 spiro atoms. The Bertz CT molecular complexity index is 1420. The number of nitrogens with zero attached hydrogens (tertiary/aromatic N) is 4. The smallest absolute Gasteiger partial charge is 0.191 e. The molecule has 0 unspecified atom stereocenters. The van der Waals surface area contributed by atoms with E-state index in [0.717, 1.165) is 39.4 Å². The normalized spacial score (nSPS) is 11.1. The highest BCUT2D eigenvalue weighted by Gasteiger charge is 2.15. The number of imidazole rings is 1. The summed E-state index contributed by atoms with van der Waals surface area (Å²) in [6, 6.07) is 12.0. The lowest BCUT2D eigenvalue weighted by molar-refractivity contribution is 0.414. The van der Waals surface area contributed by atoms with Crippen LogP contribution in [0.15, 0.2) is 65.5 Å². The molecule has 7 nitrogen and oxygen atoms in total. The standard InChI is InChI=1S/C24H20FN5O2/c1-14-27-13-22(32-14)18-9-8-17(10-21(18)31-3)28-19-11-26-12-20-23(19)29-24(30(20)2)15-4-6-16(25)7-5-15/h4-13,28H,1-3H3. The fraction of sp³-hybridized carbons (Fsp3) is 0.125. The minimum absolute atomic E-state index is 0.283. The first-order chi connectivity index (χ1) is 15.5. The second-order valence-electron chi connectivity index (χ2n) is 7.34. The molecule has 32 heavy (non-hydrogen) atoms. The lowest BCUT2D eigenvalue weighted by Crippen LogP contribution is -1.95. The van der Waals surface area contributed by atoms with Crippen LogP contribution >= 0.6 is 0 Å². The number of rotatable bonds is 5. The van der Waals surface area contributed by atoms with Gasteiger partial charge < -0.3 is 19.0 Å². The van der Waals surface area contributed by atoms with Gasteiger partial charge in [-0.15, -0.1) is 0 Å². The van der Waals surface area contributed by atoms with Gasteiger partial charge in [0.1, 0.15) is 22.9 Å². The lowest BCUT2D eigenvalue weighted by atomic mass is 10.1. The third-order valence-electron chi connectivity index (χ3n) is 5.26. The summed E-state index contributed by atoms with van der Waals surface area (Å²) in [7, 11) is 3.53. The minimum Gasteiger partial charge on any atom is -0.496 e. The number of aryl methyl sites for hydroxylation is 2. The molecule has 3 heterocycles. The van der Waals surface area contributed by atoms with Crippen molar-refractivity contribution in [2.24, 2.45) is 7.05 Å². The van der Waals surface area contributed by atoms with E-state index in [2.05, 4.69) is 15.3 Å². The number of aromatic nitrogens is 4. The summed E-state index contributed by atoms with van der Waals surface area (Å²) in [6.07, 6.45) is 5.16. The molecule has 3 aromatic heterocycles. The van der Waals surface area contributed by atoms with Crippen LogP contribution in [0.25, 0.3) is 33.7 Å². The average Bonchev–Trinajstić information content (AvgIpc) is 3.38. The van der Waals surface area contributed by atoms with Gasteiger partial charge in [0.05, 0.1) is 42.5 Å². The van der Waals surface area contributed by atoms with E-state index in [1.54, 1.807) is 44.8 Å². The van der Waals surface area contributed by atoms with Crippen molar-refractivity contribution in [3.8, 4) is 28.5 Å². The number of ether oxygens (including phenoxy) is 1. The van der Waals surface area contributed by atoms with Gasteiger partial charge in [-0.25, -0.2) is 14.4 Å². The largest absolute Gasteiger partial charge is 0.496 e. The van der Waals surface area contributed by atoms with Crippen LogP contribution in [0.5, 0.6) is 5.75 Å². The van der Waals surface area contributed by atoms with Crippen molar-refractivity contribution in [3.05, 3.63) is 72.8 Å².